The second-order valence-electron chi connectivity index (χ2n) is 6.40. The zero-order valence-electron chi connectivity index (χ0n) is 14.5. The summed E-state index contributed by atoms with van der Waals surface area (Å²) in [6, 6.07) is 5.48. The average molecular weight is 347 g/mol. The van der Waals surface area contributed by atoms with Crippen molar-refractivity contribution in [1.82, 2.24) is 24.8 Å². The van der Waals surface area contributed by atoms with E-state index in [1.807, 2.05) is 22.9 Å². The fourth-order valence-electron chi connectivity index (χ4n) is 3.15. The molecule has 1 aromatic carbocycles. The van der Waals surface area contributed by atoms with E-state index in [2.05, 4.69) is 26.3 Å². The fourth-order valence-corrected chi connectivity index (χ4v) is 3.15. The Labute approximate surface area is 152 Å². The number of phenols is 1. The lowest BCUT2D eigenvalue weighted by molar-refractivity contribution is 0.477. The van der Waals surface area contributed by atoms with Crippen LogP contribution in [0.25, 0.3) is 23.0 Å². The molecule has 1 saturated heterocycles. The first kappa shape index (κ1) is 16.5. The summed E-state index contributed by atoms with van der Waals surface area (Å²) in [5, 5.41) is 13.8. The van der Waals surface area contributed by atoms with Gasteiger partial charge in [-0.1, -0.05) is 5.57 Å². The molecule has 0 spiro atoms. The molecule has 0 radical (unpaired) electrons. The summed E-state index contributed by atoms with van der Waals surface area (Å²) in [6.45, 7) is 2.10. The molecular weight excluding hydrogens is 326 g/mol. The number of aromatic nitrogens is 4. The molecule has 1 aliphatic rings. The highest BCUT2D eigenvalue weighted by molar-refractivity contribution is 5.68. The quantitative estimate of drug-likeness (QED) is 0.761. The number of aromatic hydroxyl groups is 1. The minimum atomic E-state index is 0.173. The van der Waals surface area contributed by atoms with E-state index in [0.29, 0.717) is 11.3 Å². The largest absolute Gasteiger partial charge is 0.507 e. The standard InChI is InChI=1S/C20H21N5O/c26-20-11-17(25-9-8-22-14-25)3-4-18(20)19-13-23-16(12-24-19)10-15-2-1-6-21-7-5-15/h3-4,8-14,21,26H,1-2,5-7H2/b15-10-. The summed E-state index contributed by atoms with van der Waals surface area (Å²) in [5.41, 5.74) is 4.44. The number of hydrogen-bond acceptors (Lipinski definition) is 5. The van der Waals surface area contributed by atoms with E-state index < -0.39 is 0 Å². The van der Waals surface area contributed by atoms with Crippen molar-refractivity contribution in [3.8, 4) is 22.7 Å². The van der Waals surface area contributed by atoms with Crippen molar-refractivity contribution < 1.29 is 5.11 Å². The van der Waals surface area contributed by atoms with Crippen molar-refractivity contribution in [2.24, 2.45) is 0 Å². The van der Waals surface area contributed by atoms with Gasteiger partial charge in [0.05, 0.1) is 35.8 Å². The number of imidazole rings is 1. The zero-order chi connectivity index (χ0) is 17.8. The van der Waals surface area contributed by atoms with E-state index >= 15 is 0 Å². The summed E-state index contributed by atoms with van der Waals surface area (Å²) in [4.78, 5) is 13.0. The van der Waals surface area contributed by atoms with E-state index in [1.54, 1.807) is 31.0 Å². The first-order valence-electron chi connectivity index (χ1n) is 8.83. The molecule has 0 atom stereocenters. The predicted molar refractivity (Wildman–Crippen MR) is 101 cm³/mol. The normalized spacial score (nSPS) is 16.5. The highest BCUT2D eigenvalue weighted by Gasteiger charge is 2.09. The number of benzene rings is 1. The molecule has 2 aromatic heterocycles. The van der Waals surface area contributed by atoms with E-state index in [1.165, 1.54) is 5.57 Å². The van der Waals surface area contributed by atoms with Gasteiger partial charge in [0.2, 0.25) is 0 Å². The molecule has 0 amide bonds. The molecule has 0 aliphatic carbocycles. The predicted octanol–water partition coefficient (Wildman–Crippen LogP) is 3.19. The Morgan fingerprint density at radius 2 is 2.08 bits per heavy atom. The second-order valence-corrected chi connectivity index (χ2v) is 6.40. The maximum atomic E-state index is 10.4. The smallest absolute Gasteiger partial charge is 0.127 e. The van der Waals surface area contributed by atoms with Gasteiger partial charge in [0.15, 0.2) is 0 Å². The molecule has 6 nitrogen and oxygen atoms in total. The summed E-state index contributed by atoms with van der Waals surface area (Å²) in [7, 11) is 0. The molecule has 6 heteroatoms. The van der Waals surface area contributed by atoms with Crippen LogP contribution in [0.1, 0.15) is 25.0 Å². The number of rotatable bonds is 3. The highest BCUT2D eigenvalue weighted by Crippen LogP contribution is 2.29. The van der Waals surface area contributed by atoms with Gasteiger partial charge in [-0.05, 0) is 50.6 Å². The van der Waals surface area contributed by atoms with Crippen molar-refractivity contribution in [3.63, 3.8) is 0 Å². The van der Waals surface area contributed by atoms with Gasteiger partial charge in [0.1, 0.15) is 5.75 Å². The van der Waals surface area contributed by atoms with Crippen molar-refractivity contribution in [1.29, 1.82) is 0 Å². The van der Waals surface area contributed by atoms with Crippen LogP contribution in [-0.2, 0) is 0 Å². The number of nitrogens with zero attached hydrogens (tertiary/aromatic N) is 4. The minimum Gasteiger partial charge on any atom is -0.507 e. The Hall–Kier alpha value is -2.99. The Balaban J connectivity index is 1.56. The van der Waals surface area contributed by atoms with Gasteiger partial charge in [0.25, 0.3) is 0 Å². The van der Waals surface area contributed by atoms with Gasteiger partial charge in [-0.15, -0.1) is 0 Å². The van der Waals surface area contributed by atoms with Crippen LogP contribution in [0, 0.1) is 0 Å². The zero-order valence-corrected chi connectivity index (χ0v) is 14.5. The summed E-state index contributed by atoms with van der Waals surface area (Å²) in [6.07, 6.45) is 14.2. The van der Waals surface area contributed by atoms with Gasteiger partial charge in [0, 0.05) is 24.0 Å². The Bertz CT molecular complexity index is 890. The molecule has 0 bridgehead atoms. The molecule has 3 heterocycles. The van der Waals surface area contributed by atoms with Crippen LogP contribution in [0.3, 0.4) is 0 Å². The topological polar surface area (TPSA) is 75.9 Å². The number of nitrogens with one attached hydrogen (secondary N) is 1. The first-order valence-corrected chi connectivity index (χ1v) is 8.83. The van der Waals surface area contributed by atoms with Gasteiger partial charge < -0.3 is 15.0 Å². The maximum absolute atomic E-state index is 10.4. The monoisotopic (exact) mass is 347 g/mol. The molecule has 2 N–H and O–H groups in total. The van der Waals surface area contributed by atoms with Crippen LogP contribution < -0.4 is 5.32 Å². The van der Waals surface area contributed by atoms with E-state index in [0.717, 1.165) is 43.7 Å². The third-order valence-corrected chi connectivity index (χ3v) is 4.56. The lowest BCUT2D eigenvalue weighted by atomic mass is 10.1. The van der Waals surface area contributed by atoms with Crippen molar-refractivity contribution in [2.45, 2.75) is 19.3 Å². The molecule has 1 fully saturated rings. The Kier molecular flexibility index (Phi) is 4.75. The second kappa shape index (κ2) is 7.49. The summed E-state index contributed by atoms with van der Waals surface area (Å²) >= 11 is 0. The molecule has 26 heavy (non-hydrogen) atoms. The highest BCUT2D eigenvalue weighted by atomic mass is 16.3. The average Bonchev–Trinajstić information content (AvgIpc) is 3.08. The molecule has 3 aromatic rings. The fraction of sp³-hybridized carbons (Fsp3) is 0.250. The Morgan fingerprint density at radius 1 is 1.12 bits per heavy atom. The SMILES string of the molecule is Oc1cc(-n2ccnc2)ccc1-c1cnc(/C=C2/CCCNCC2)cn1. The minimum absolute atomic E-state index is 0.173. The van der Waals surface area contributed by atoms with Gasteiger partial charge >= 0.3 is 0 Å². The van der Waals surface area contributed by atoms with Crippen molar-refractivity contribution in [3.05, 3.63) is 60.6 Å². The van der Waals surface area contributed by atoms with Crippen LogP contribution in [0.2, 0.25) is 0 Å². The van der Waals surface area contributed by atoms with Crippen LogP contribution in [0.15, 0.2) is 54.9 Å². The van der Waals surface area contributed by atoms with Crippen LogP contribution in [0.5, 0.6) is 5.75 Å². The van der Waals surface area contributed by atoms with Crippen molar-refractivity contribution in [2.75, 3.05) is 13.1 Å². The molecule has 0 unspecified atom stereocenters. The molecule has 0 saturated carbocycles. The van der Waals surface area contributed by atoms with Crippen molar-refractivity contribution >= 4 is 6.08 Å². The molecule has 132 valence electrons. The van der Waals surface area contributed by atoms with Gasteiger partial charge in [-0.3, -0.25) is 9.97 Å². The molecular formula is C20H21N5O. The van der Waals surface area contributed by atoms with E-state index in [4.69, 9.17) is 0 Å². The first-order chi connectivity index (χ1) is 12.8. The third kappa shape index (κ3) is 3.65. The lowest BCUT2D eigenvalue weighted by Crippen LogP contribution is -2.13. The molecule has 4 rings (SSSR count). The number of phenolic OH excluding ortho intramolecular Hbond substituents is 1. The van der Waals surface area contributed by atoms with E-state index in [-0.39, 0.29) is 5.75 Å². The molecule has 1 aliphatic heterocycles. The van der Waals surface area contributed by atoms with E-state index in [9.17, 15) is 5.11 Å². The summed E-state index contributed by atoms with van der Waals surface area (Å²) in [5.74, 6) is 0.173. The van der Waals surface area contributed by atoms with Gasteiger partial charge in [-0.2, -0.15) is 0 Å². The van der Waals surface area contributed by atoms with Crippen LogP contribution in [-0.4, -0.2) is 37.7 Å². The third-order valence-electron chi connectivity index (χ3n) is 4.56. The lowest BCUT2D eigenvalue weighted by Gasteiger charge is -2.08. The summed E-state index contributed by atoms with van der Waals surface area (Å²) < 4.78 is 1.84. The Morgan fingerprint density at radius 3 is 2.85 bits per heavy atom. The number of hydrogen-bond donors (Lipinski definition) is 2. The van der Waals surface area contributed by atoms with Gasteiger partial charge in [-0.25, -0.2) is 4.98 Å². The maximum Gasteiger partial charge on any atom is 0.127 e. The van der Waals surface area contributed by atoms with Crippen LogP contribution in [0.4, 0.5) is 0 Å². The van der Waals surface area contributed by atoms with Crippen LogP contribution >= 0.6 is 0 Å².